The first-order valence-corrected chi connectivity index (χ1v) is 11.0. The monoisotopic (exact) mass is 405 g/mol. The molecule has 0 fully saturated rings. The maximum atomic E-state index is 13.8. The molecule has 0 saturated carbocycles. The molecule has 1 N–H and O–H groups in total. The zero-order valence-corrected chi connectivity index (χ0v) is 17.1. The van der Waals surface area contributed by atoms with Gasteiger partial charge in [-0.2, -0.15) is 0 Å². The molecule has 5 heteroatoms. The average molecular weight is 406 g/mol. The van der Waals surface area contributed by atoms with Gasteiger partial charge in [0.25, 0.3) is 0 Å². The molecule has 0 bridgehead atoms. The first-order chi connectivity index (χ1) is 13.1. The number of amides is 1. The highest BCUT2D eigenvalue weighted by molar-refractivity contribution is 7.99. The highest BCUT2D eigenvalue weighted by atomic mass is 35.5. The SMILES string of the molecule is CCC(NC(=O)CSCc1c(F)cccc1Cl)c1ccc2c(c1)CCCC2. The highest BCUT2D eigenvalue weighted by Gasteiger charge is 2.16. The van der Waals surface area contributed by atoms with Gasteiger partial charge in [0, 0.05) is 16.3 Å². The van der Waals surface area contributed by atoms with Crippen molar-refractivity contribution in [1.82, 2.24) is 5.32 Å². The van der Waals surface area contributed by atoms with E-state index < -0.39 is 0 Å². The van der Waals surface area contributed by atoms with Crippen LogP contribution in [0.5, 0.6) is 0 Å². The lowest BCUT2D eigenvalue weighted by molar-refractivity contribution is -0.119. The van der Waals surface area contributed by atoms with E-state index in [4.69, 9.17) is 11.6 Å². The van der Waals surface area contributed by atoms with Gasteiger partial charge >= 0.3 is 0 Å². The van der Waals surface area contributed by atoms with E-state index in [-0.39, 0.29) is 23.5 Å². The van der Waals surface area contributed by atoms with E-state index in [2.05, 4.69) is 30.4 Å². The van der Waals surface area contributed by atoms with Gasteiger partial charge < -0.3 is 5.32 Å². The molecule has 1 atom stereocenters. The van der Waals surface area contributed by atoms with Crippen LogP contribution in [0, 0.1) is 5.82 Å². The summed E-state index contributed by atoms with van der Waals surface area (Å²) in [5.74, 6) is 0.314. The molecule has 1 aliphatic carbocycles. The van der Waals surface area contributed by atoms with Crippen LogP contribution in [0.4, 0.5) is 4.39 Å². The number of fused-ring (bicyclic) bond motifs is 1. The molecule has 2 nitrogen and oxygen atoms in total. The van der Waals surface area contributed by atoms with Gasteiger partial charge in [-0.25, -0.2) is 4.39 Å². The Morgan fingerprint density at radius 3 is 2.74 bits per heavy atom. The quantitative estimate of drug-likeness (QED) is 0.625. The molecule has 0 radical (unpaired) electrons. The molecule has 0 aromatic heterocycles. The lowest BCUT2D eigenvalue weighted by atomic mass is 9.89. The van der Waals surface area contributed by atoms with Crippen LogP contribution < -0.4 is 5.32 Å². The summed E-state index contributed by atoms with van der Waals surface area (Å²) in [6.07, 6.45) is 5.65. The Morgan fingerprint density at radius 1 is 1.22 bits per heavy atom. The van der Waals surface area contributed by atoms with Gasteiger partial charge in [-0.15, -0.1) is 11.8 Å². The van der Waals surface area contributed by atoms with Crippen LogP contribution >= 0.6 is 23.4 Å². The number of thioether (sulfide) groups is 1. The predicted molar refractivity (Wildman–Crippen MR) is 112 cm³/mol. The maximum Gasteiger partial charge on any atom is 0.230 e. The fourth-order valence-electron chi connectivity index (χ4n) is 3.54. The minimum atomic E-state index is -0.323. The summed E-state index contributed by atoms with van der Waals surface area (Å²) < 4.78 is 13.8. The van der Waals surface area contributed by atoms with Crippen LogP contribution in [0.3, 0.4) is 0 Å². The first kappa shape index (κ1) is 20.2. The second kappa shape index (κ2) is 9.61. The molecule has 3 rings (SSSR count). The average Bonchev–Trinajstić information content (AvgIpc) is 2.68. The zero-order valence-electron chi connectivity index (χ0n) is 15.6. The Hall–Kier alpha value is -1.52. The van der Waals surface area contributed by atoms with Crippen LogP contribution in [-0.2, 0) is 23.4 Å². The van der Waals surface area contributed by atoms with Crippen LogP contribution in [0.15, 0.2) is 36.4 Å². The number of hydrogen-bond acceptors (Lipinski definition) is 2. The molecule has 0 saturated heterocycles. The highest BCUT2D eigenvalue weighted by Crippen LogP contribution is 2.27. The molecular weight excluding hydrogens is 381 g/mol. The number of hydrogen-bond donors (Lipinski definition) is 1. The Balaban J connectivity index is 1.56. The lowest BCUT2D eigenvalue weighted by Gasteiger charge is -2.21. The number of aryl methyl sites for hydroxylation is 2. The predicted octanol–water partition coefficient (Wildman–Crippen LogP) is 5.86. The molecule has 0 heterocycles. The van der Waals surface area contributed by atoms with Gasteiger partial charge in [-0.05, 0) is 60.9 Å². The Morgan fingerprint density at radius 2 is 2.00 bits per heavy atom. The molecular formula is C22H25ClFNOS. The van der Waals surface area contributed by atoms with Crippen LogP contribution in [0.1, 0.15) is 54.5 Å². The van der Waals surface area contributed by atoms with Crippen molar-refractivity contribution >= 4 is 29.3 Å². The third-order valence-electron chi connectivity index (χ3n) is 5.06. The summed E-state index contributed by atoms with van der Waals surface area (Å²) in [5, 5.41) is 3.52. The minimum absolute atomic E-state index is 0.0161. The van der Waals surface area contributed by atoms with Crippen molar-refractivity contribution < 1.29 is 9.18 Å². The zero-order chi connectivity index (χ0) is 19.2. The number of benzene rings is 2. The van der Waals surface area contributed by atoms with E-state index >= 15 is 0 Å². The molecule has 27 heavy (non-hydrogen) atoms. The number of rotatable bonds is 7. The first-order valence-electron chi connectivity index (χ1n) is 9.50. The topological polar surface area (TPSA) is 29.1 Å². The number of carbonyl (C=O) groups excluding carboxylic acids is 1. The van der Waals surface area contributed by atoms with Gasteiger partial charge in [0.1, 0.15) is 5.82 Å². The van der Waals surface area contributed by atoms with Crippen molar-refractivity contribution in [3.05, 3.63) is 69.5 Å². The molecule has 144 valence electrons. The molecule has 0 aliphatic heterocycles. The fraction of sp³-hybridized carbons (Fsp3) is 0.409. The van der Waals surface area contributed by atoms with Gasteiger partial charge in [-0.3, -0.25) is 4.79 Å². The van der Waals surface area contributed by atoms with E-state index in [0.717, 1.165) is 19.3 Å². The minimum Gasteiger partial charge on any atom is -0.349 e. The van der Waals surface area contributed by atoms with Gasteiger partial charge in [0.2, 0.25) is 5.91 Å². The summed E-state index contributed by atoms with van der Waals surface area (Å²) in [6, 6.07) is 11.3. The van der Waals surface area contributed by atoms with Gasteiger partial charge in [0.15, 0.2) is 0 Å². The third-order valence-corrected chi connectivity index (χ3v) is 6.37. The molecule has 1 aliphatic rings. The van der Waals surface area contributed by atoms with Crippen LogP contribution in [0.2, 0.25) is 5.02 Å². The molecule has 1 amide bonds. The van der Waals surface area contributed by atoms with Crippen LogP contribution in [-0.4, -0.2) is 11.7 Å². The second-order valence-electron chi connectivity index (χ2n) is 6.96. The van der Waals surface area contributed by atoms with Crippen molar-refractivity contribution in [2.45, 2.75) is 50.8 Å². The lowest BCUT2D eigenvalue weighted by Crippen LogP contribution is -2.29. The van der Waals surface area contributed by atoms with Crippen molar-refractivity contribution in [2.24, 2.45) is 0 Å². The van der Waals surface area contributed by atoms with Crippen molar-refractivity contribution in [1.29, 1.82) is 0 Å². The summed E-state index contributed by atoms with van der Waals surface area (Å²) in [4.78, 5) is 12.4. The smallest absolute Gasteiger partial charge is 0.230 e. The van der Waals surface area contributed by atoms with Gasteiger partial charge in [-0.1, -0.05) is 42.8 Å². The summed E-state index contributed by atoms with van der Waals surface area (Å²) in [5.41, 5.74) is 4.51. The second-order valence-corrected chi connectivity index (χ2v) is 8.35. The fourth-order valence-corrected chi connectivity index (χ4v) is 4.72. The summed E-state index contributed by atoms with van der Waals surface area (Å²) in [6.45, 7) is 2.08. The van der Waals surface area contributed by atoms with Gasteiger partial charge in [0.05, 0.1) is 11.8 Å². The van der Waals surface area contributed by atoms with E-state index in [1.807, 2.05) is 0 Å². The third kappa shape index (κ3) is 5.26. The Kier molecular flexibility index (Phi) is 7.20. The molecule has 2 aromatic rings. The molecule has 2 aromatic carbocycles. The molecule has 0 spiro atoms. The number of nitrogens with one attached hydrogen (secondary N) is 1. The maximum absolute atomic E-state index is 13.8. The normalized spacial score (nSPS) is 14.5. The van der Waals surface area contributed by atoms with E-state index in [0.29, 0.717) is 16.3 Å². The van der Waals surface area contributed by atoms with Crippen LogP contribution in [0.25, 0.3) is 0 Å². The van der Waals surface area contributed by atoms with E-state index in [1.54, 1.807) is 12.1 Å². The summed E-state index contributed by atoms with van der Waals surface area (Å²) >= 11 is 7.41. The largest absolute Gasteiger partial charge is 0.349 e. The Labute approximate surface area is 169 Å². The standard InChI is InChI=1S/C22H25ClFNOS/c1-2-21(17-11-10-15-6-3-4-7-16(15)12-17)25-22(26)14-27-13-18-19(23)8-5-9-20(18)24/h5,8-12,21H,2-4,6-7,13-14H2,1H3,(H,25,26). The van der Waals surface area contributed by atoms with Crippen molar-refractivity contribution in [3.8, 4) is 0 Å². The number of carbonyl (C=O) groups is 1. The summed E-state index contributed by atoms with van der Waals surface area (Å²) in [7, 11) is 0. The van der Waals surface area contributed by atoms with Crippen molar-refractivity contribution in [2.75, 3.05) is 5.75 Å². The van der Waals surface area contributed by atoms with Crippen molar-refractivity contribution in [3.63, 3.8) is 0 Å². The van der Waals surface area contributed by atoms with E-state index in [1.165, 1.54) is 47.4 Å². The van der Waals surface area contributed by atoms with E-state index in [9.17, 15) is 9.18 Å². The number of halogens is 2. The molecule has 1 unspecified atom stereocenters. The Bertz CT molecular complexity index is 791.